The molecule has 6 heteroatoms. The van der Waals surface area contributed by atoms with Gasteiger partial charge in [0, 0.05) is 6.42 Å². The van der Waals surface area contributed by atoms with Crippen LogP contribution in [0.1, 0.15) is 12.6 Å². The number of carbonyl (C=O) groups is 1. The summed E-state index contributed by atoms with van der Waals surface area (Å²) in [6.07, 6.45) is 1.70. The van der Waals surface area contributed by atoms with Crippen molar-refractivity contribution in [3.05, 3.63) is 42.0 Å². The maximum absolute atomic E-state index is 13.6. The fourth-order valence-electron chi connectivity index (χ4n) is 1.62. The molecule has 2 rings (SSSR count). The van der Waals surface area contributed by atoms with E-state index in [2.05, 4.69) is 10.3 Å². The minimum absolute atomic E-state index is 0.247. The van der Waals surface area contributed by atoms with Gasteiger partial charge in [0.1, 0.15) is 11.5 Å². The molecule has 0 amide bonds. The summed E-state index contributed by atoms with van der Waals surface area (Å²) in [6.45, 7) is 1.58. The Bertz CT molecular complexity index is 568. The lowest BCUT2D eigenvalue weighted by atomic mass is 10.1. The molecule has 0 spiro atoms. The van der Waals surface area contributed by atoms with E-state index in [9.17, 15) is 9.18 Å². The van der Waals surface area contributed by atoms with Crippen LogP contribution in [0.3, 0.4) is 0 Å². The number of benzene rings is 1. The predicted octanol–water partition coefficient (Wildman–Crippen LogP) is 1.67. The van der Waals surface area contributed by atoms with E-state index in [0.29, 0.717) is 5.69 Å². The lowest BCUT2D eigenvalue weighted by Crippen LogP contribution is -2.15. The van der Waals surface area contributed by atoms with Crippen LogP contribution in [-0.4, -0.2) is 26.1 Å². The van der Waals surface area contributed by atoms with E-state index < -0.39 is 17.7 Å². The van der Waals surface area contributed by atoms with Crippen molar-refractivity contribution in [2.75, 3.05) is 0 Å². The third-order valence-corrected chi connectivity index (χ3v) is 2.64. The molecular formula is C12H12FN3O2. The van der Waals surface area contributed by atoms with Crippen LogP contribution in [0, 0.1) is 11.7 Å². The number of aliphatic carboxylic acids is 1. The Morgan fingerprint density at radius 3 is 2.89 bits per heavy atom. The summed E-state index contributed by atoms with van der Waals surface area (Å²) in [6, 6.07) is 6.15. The van der Waals surface area contributed by atoms with Gasteiger partial charge in [-0.3, -0.25) is 4.79 Å². The summed E-state index contributed by atoms with van der Waals surface area (Å²) in [7, 11) is 0. The zero-order valence-corrected chi connectivity index (χ0v) is 9.75. The van der Waals surface area contributed by atoms with Crippen LogP contribution in [0.2, 0.25) is 0 Å². The van der Waals surface area contributed by atoms with Crippen molar-refractivity contribution < 1.29 is 14.3 Å². The molecule has 2 aromatic rings. The molecule has 0 saturated carbocycles. The van der Waals surface area contributed by atoms with E-state index in [1.165, 1.54) is 16.9 Å². The number of hydrogen-bond donors (Lipinski definition) is 1. The molecular weight excluding hydrogens is 237 g/mol. The maximum Gasteiger partial charge on any atom is 0.306 e. The van der Waals surface area contributed by atoms with Crippen LogP contribution in [-0.2, 0) is 11.2 Å². The number of para-hydroxylation sites is 1. The zero-order valence-electron chi connectivity index (χ0n) is 9.75. The molecule has 0 aliphatic carbocycles. The summed E-state index contributed by atoms with van der Waals surface area (Å²) in [4.78, 5) is 10.8. The number of nitrogens with zero attached hydrogens (tertiary/aromatic N) is 3. The third-order valence-electron chi connectivity index (χ3n) is 2.64. The van der Waals surface area contributed by atoms with Gasteiger partial charge in [0.15, 0.2) is 0 Å². The molecule has 0 radical (unpaired) electrons. The van der Waals surface area contributed by atoms with Crippen LogP contribution in [0.5, 0.6) is 0 Å². The topological polar surface area (TPSA) is 68.0 Å². The predicted molar refractivity (Wildman–Crippen MR) is 61.8 cm³/mol. The average molecular weight is 249 g/mol. The number of carboxylic acids is 1. The second-order valence-electron chi connectivity index (χ2n) is 4.03. The molecule has 1 unspecified atom stereocenters. The fraction of sp³-hybridized carbons (Fsp3) is 0.250. The molecule has 94 valence electrons. The van der Waals surface area contributed by atoms with Crippen molar-refractivity contribution in [3.63, 3.8) is 0 Å². The first kappa shape index (κ1) is 12.2. The fourth-order valence-corrected chi connectivity index (χ4v) is 1.62. The first-order valence-corrected chi connectivity index (χ1v) is 5.47. The summed E-state index contributed by atoms with van der Waals surface area (Å²) in [5, 5.41) is 16.4. The minimum Gasteiger partial charge on any atom is -0.481 e. The van der Waals surface area contributed by atoms with Crippen LogP contribution in [0.15, 0.2) is 30.5 Å². The van der Waals surface area contributed by atoms with Gasteiger partial charge < -0.3 is 5.11 Å². The van der Waals surface area contributed by atoms with Crippen molar-refractivity contribution in [2.24, 2.45) is 5.92 Å². The molecule has 18 heavy (non-hydrogen) atoms. The SMILES string of the molecule is CC(Cc1cnnn1-c1ccccc1F)C(=O)O. The van der Waals surface area contributed by atoms with Gasteiger partial charge in [-0.2, -0.15) is 0 Å². The molecule has 1 heterocycles. The quantitative estimate of drug-likeness (QED) is 0.894. The maximum atomic E-state index is 13.6. The van der Waals surface area contributed by atoms with Crippen LogP contribution >= 0.6 is 0 Å². The summed E-state index contributed by atoms with van der Waals surface area (Å²) in [5.74, 6) is -1.91. The lowest BCUT2D eigenvalue weighted by Gasteiger charge is -2.09. The number of aromatic nitrogens is 3. The molecule has 1 N–H and O–H groups in total. The van der Waals surface area contributed by atoms with Crippen LogP contribution in [0.4, 0.5) is 4.39 Å². The average Bonchev–Trinajstić information content (AvgIpc) is 2.77. The van der Waals surface area contributed by atoms with Gasteiger partial charge in [0.05, 0.1) is 17.8 Å². The smallest absolute Gasteiger partial charge is 0.306 e. The molecule has 0 saturated heterocycles. The monoisotopic (exact) mass is 249 g/mol. The van der Waals surface area contributed by atoms with Gasteiger partial charge in [-0.25, -0.2) is 9.07 Å². The molecule has 0 aliphatic heterocycles. The van der Waals surface area contributed by atoms with Crippen LogP contribution in [0.25, 0.3) is 5.69 Å². The van der Waals surface area contributed by atoms with Crippen molar-refractivity contribution in [1.29, 1.82) is 0 Å². The molecule has 0 aliphatic rings. The normalized spacial score (nSPS) is 12.3. The van der Waals surface area contributed by atoms with Crippen molar-refractivity contribution in [1.82, 2.24) is 15.0 Å². The Morgan fingerprint density at radius 2 is 2.22 bits per heavy atom. The lowest BCUT2D eigenvalue weighted by molar-refractivity contribution is -0.141. The molecule has 0 bridgehead atoms. The molecule has 1 atom stereocenters. The second-order valence-corrected chi connectivity index (χ2v) is 4.03. The summed E-state index contributed by atoms with van der Waals surface area (Å²) >= 11 is 0. The Labute approximate surface area is 103 Å². The van der Waals surface area contributed by atoms with Gasteiger partial charge in [-0.15, -0.1) is 5.10 Å². The highest BCUT2D eigenvalue weighted by Gasteiger charge is 2.17. The molecule has 1 aromatic heterocycles. The number of hydrogen-bond acceptors (Lipinski definition) is 3. The van der Waals surface area contributed by atoms with E-state index in [-0.39, 0.29) is 12.1 Å². The Kier molecular flexibility index (Phi) is 3.36. The zero-order chi connectivity index (χ0) is 13.1. The van der Waals surface area contributed by atoms with Crippen LogP contribution < -0.4 is 0 Å². The standard InChI is InChI=1S/C12H12FN3O2/c1-8(12(17)18)6-9-7-14-15-16(9)11-5-3-2-4-10(11)13/h2-5,7-8H,6H2,1H3,(H,17,18). The van der Waals surface area contributed by atoms with Gasteiger partial charge in [-0.1, -0.05) is 24.3 Å². The van der Waals surface area contributed by atoms with E-state index in [1.54, 1.807) is 25.1 Å². The first-order chi connectivity index (χ1) is 8.59. The van der Waals surface area contributed by atoms with E-state index >= 15 is 0 Å². The van der Waals surface area contributed by atoms with Crippen molar-refractivity contribution in [3.8, 4) is 5.69 Å². The summed E-state index contributed by atoms with van der Waals surface area (Å²) < 4.78 is 15.0. The molecule has 1 aromatic carbocycles. The largest absolute Gasteiger partial charge is 0.481 e. The highest BCUT2D eigenvalue weighted by Crippen LogP contribution is 2.16. The van der Waals surface area contributed by atoms with Crippen molar-refractivity contribution >= 4 is 5.97 Å². The Hall–Kier alpha value is -2.24. The Balaban J connectivity index is 2.34. The van der Waals surface area contributed by atoms with Gasteiger partial charge in [0.25, 0.3) is 0 Å². The third kappa shape index (κ3) is 2.37. The number of halogens is 1. The molecule has 5 nitrogen and oxygen atoms in total. The van der Waals surface area contributed by atoms with Gasteiger partial charge in [0.2, 0.25) is 0 Å². The highest BCUT2D eigenvalue weighted by atomic mass is 19.1. The number of rotatable bonds is 4. The Morgan fingerprint density at radius 1 is 1.50 bits per heavy atom. The van der Waals surface area contributed by atoms with E-state index in [4.69, 9.17) is 5.11 Å². The summed E-state index contributed by atoms with van der Waals surface area (Å²) in [5.41, 5.74) is 0.831. The first-order valence-electron chi connectivity index (χ1n) is 5.47. The minimum atomic E-state index is -0.906. The van der Waals surface area contributed by atoms with E-state index in [1.807, 2.05) is 0 Å². The highest BCUT2D eigenvalue weighted by molar-refractivity contribution is 5.69. The number of carboxylic acid groups (broad SMARTS) is 1. The molecule has 0 fully saturated rings. The second kappa shape index (κ2) is 4.95. The van der Waals surface area contributed by atoms with Gasteiger partial charge in [-0.05, 0) is 12.1 Å². The van der Waals surface area contributed by atoms with Crippen molar-refractivity contribution in [2.45, 2.75) is 13.3 Å². The van der Waals surface area contributed by atoms with E-state index in [0.717, 1.165) is 0 Å². The van der Waals surface area contributed by atoms with Gasteiger partial charge >= 0.3 is 5.97 Å².